The van der Waals surface area contributed by atoms with Crippen LogP contribution in [-0.4, -0.2) is 17.5 Å². The van der Waals surface area contributed by atoms with Crippen LogP contribution in [0.3, 0.4) is 0 Å². The number of carbonyl (C=O) groups is 1. The van der Waals surface area contributed by atoms with E-state index in [0.29, 0.717) is 11.4 Å². The van der Waals surface area contributed by atoms with E-state index in [4.69, 9.17) is 4.74 Å². The largest absolute Gasteiger partial charge is 0.483 e. The molecule has 22 heavy (non-hydrogen) atoms. The molecule has 4 nitrogen and oxygen atoms in total. The Balaban J connectivity index is 1.64. The molecule has 0 unspecified atom stereocenters. The maximum absolute atomic E-state index is 12.0. The van der Waals surface area contributed by atoms with Gasteiger partial charge >= 0.3 is 0 Å². The Hall–Kier alpha value is -2.88. The van der Waals surface area contributed by atoms with Gasteiger partial charge in [-0.25, -0.2) is 0 Å². The molecule has 110 valence electrons. The van der Waals surface area contributed by atoms with Crippen molar-refractivity contribution in [3.8, 4) is 5.75 Å². The van der Waals surface area contributed by atoms with E-state index in [-0.39, 0.29) is 12.5 Å². The molecule has 0 bridgehead atoms. The lowest BCUT2D eigenvalue weighted by Crippen LogP contribution is -2.20. The van der Waals surface area contributed by atoms with Gasteiger partial charge < -0.3 is 10.1 Å². The second-order valence-electron chi connectivity index (χ2n) is 5.02. The number of fused-ring (bicyclic) bond motifs is 1. The monoisotopic (exact) mass is 292 g/mol. The molecule has 1 heterocycles. The summed E-state index contributed by atoms with van der Waals surface area (Å²) in [6.07, 6.45) is 1.65. The minimum atomic E-state index is -0.208. The van der Waals surface area contributed by atoms with Gasteiger partial charge in [-0.1, -0.05) is 36.4 Å². The fourth-order valence-corrected chi connectivity index (χ4v) is 2.20. The van der Waals surface area contributed by atoms with Crippen LogP contribution in [0.25, 0.3) is 10.9 Å². The molecule has 2 aromatic carbocycles. The average molecular weight is 292 g/mol. The minimum absolute atomic E-state index is 0.0301. The summed E-state index contributed by atoms with van der Waals surface area (Å²) in [6.45, 7) is 1.91. The third-order valence-electron chi connectivity index (χ3n) is 3.33. The van der Waals surface area contributed by atoms with Gasteiger partial charge in [0.2, 0.25) is 0 Å². The predicted molar refractivity (Wildman–Crippen MR) is 87.0 cm³/mol. The van der Waals surface area contributed by atoms with Crippen LogP contribution in [-0.2, 0) is 4.79 Å². The van der Waals surface area contributed by atoms with Crippen LogP contribution in [0.5, 0.6) is 5.75 Å². The summed E-state index contributed by atoms with van der Waals surface area (Å²) < 4.78 is 5.53. The number of hydrogen-bond acceptors (Lipinski definition) is 3. The van der Waals surface area contributed by atoms with Crippen molar-refractivity contribution in [3.63, 3.8) is 0 Å². The van der Waals surface area contributed by atoms with E-state index < -0.39 is 0 Å². The standard InChI is InChI=1S/C18H16N2O2/c1-13-6-2-5-9-17(13)22-12-18(21)20-15-10-14-7-3-4-8-16(14)19-11-15/h2-11H,12H2,1H3,(H,20,21). The van der Waals surface area contributed by atoms with Gasteiger partial charge in [0.25, 0.3) is 5.91 Å². The first kappa shape index (κ1) is 14.1. The van der Waals surface area contributed by atoms with Crippen molar-refractivity contribution in [3.05, 3.63) is 66.4 Å². The highest BCUT2D eigenvalue weighted by Gasteiger charge is 2.06. The van der Waals surface area contributed by atoms with Crippen molar-refractivity contribution in [1.82, 2.24) is 4.98 Å². The van der Waals surface area contributed by atoms with Crippen LogP contribution in [0.1, 0.15) is 5.56 Å². The molecule has 0 aliphatic rings. The first-order valence-electron chi connectivity index (χ1n) is 7.05. The lowest BCUT2D eigenvalue weighted by atomic mass is 10.2. The third-order valence-corrected chi connectivity index (χ3v) is 3.33. The highest BCUT2D eigenvalue weighted by atomic mass is 16.5. The van der Waals surface area contributed by atoms with Crippen molar-refractivity contribution >= 4 is 22.5 Å². The van der Waals surface area contributed by atoms with Crippen LogP contribution in [0.15, 0.2) is 60.8 Å². The number of para-hydroxylation sites is 2. The number of amides is 1. The highest BCUT2D eigenvalue weighted by molar-refractivity contribution is 5.94. The van der Waals surface area contributed by atoms with Gasteiger partial charge in [-0.15, -0.1) is 0 Å². The lowest BCUT2D eigenvalue weighted by molar-refractivity contribution is -0.118. The van der Waals surface area contributed by atoms with Crippen LogP contribution >= 0.6 is 0 Å². The third kappa shape index (κ3) is 3.23. The number of aromatic nitrogens is 1. The number of ether oxygens (including phenoxy) is 1. The van der Waals surface area contributed by atoms with E-state index >= 15 is 0 Å². The van der Waals surface area contributed by atoms with Gasteiger partial charge in [0.1, 0.15) is 5.75 Å². The molecule has 1 N–H and O–H groups in total. The Morgan fingerprint density at radius 3 is 2.77 bits per heavy atom. The number of aryl methyl sites for hydroxylation is 1. The fraction of sp³-hybridized carbons (Fsp3) is 0.111. The van der Waals surface area contributed by atoms with E-state index in [1.807, 2.05) is 61.5 Å². The molecule has 0 saturated heterocycles. The number of anilines is 1. The van der Waals surface area contributed by atoms with Crippen LogP contribution < -0.4 is 10.1 Å². The summed E-state index contributed by atoms with van der Waals surface area (Å²) in [5, 5.41) is 3.78. The molecule has 0 aliphatic heterocycles. The molecule has 0 atom stereocenters. The zero-order chi connectivity index (χ0) is 15.4. The quantitative estimate of drug-likeness (QED) is 0.800. The molecule has 0 radical (unpaired) electrons. The Labute approximate surface area is 128 Å². The number of pyridine rings is 1. The summed E-state index contributed by atoms with van der Waals surface area (Å²) in [6, 6.07) is 17.3. The molecule has 4 heteroatoms. The molecule has 0 spiro atoms. The zero-order valence-electron chi connectivity index (χ0n) is 12.2. The summed E-state index contributed by atoms with van der Waals surface area (Å²) in [5.41, 5.74) is 2.57. The Bertz CT molecular complexity index is 815. The van der Waals surface area contributed by atoms with Crippen molar-refractivity contribution in [2.24, 2.45) is 0 Å². The first-order chi connectivity index (χ1) is 10.7. The second kappa shape index (κ2) is 6.26. The number of nitrogens with one attached hydrogen (secondary N) is 1. The molecule has 3 rings (SSSR count). The Morgan fingerprint density at radius 2 is 1.91 bits per heavy atom. The molecular formula is C18H16N2O2. The van der Waals surface area contributed by atoms with Gasteiger partial charge in [-0.3, -0.25) is 9.78 Å². The number of rotatable bonds is 4. The summed E-state index contributed by atoms with van der Waals surface area (Å²) >= 11 is 0. The highest BCUT2D eigenvalue weighted by Crippen LogP contribution is 2.17. The van der Waals surface area contributed by atoms with Crippen LogP contribution in [0.2, 0.25) is 0 Å². The number of carbonyl (C=O) groups excluding carboxylic acids is 1. The maximum atomic E-state index is 12.0. The predicted octanol–water partition coefficient (Wildman–Crippen LogP) is 3.56. The molecule has 0 saturated carbocycles. The van der Waals surface area contributed by atoms with Crippen molar-refractivity contribution in [2.45, 2.75) is 6.92 Å². The Kier molecular flexibility index (Phi) is 4.01. The molecule has 0 aliphatic carbocycles. The summed E-state index contributed by atoms with van der Waals surface area (Å²) in [5.74, 6) is 0.509. The number of benzene rings is 2. The number of nitrogens with zero attached hydrogens (tertiary/aromatic N) is 1. The Morgan fingerprint density at radius 1 is 1.14 bits per heavy atom. The van der Waals surface area contributed by atoms with E-state index in [1.54, 1.807) is 6.20 Å². The van der Waals surface area contributed by atoms with Crippen LogP contribution in [0.4, 0.5) is 5.69 Å². The SMILES string of the molecule is Cc1ccccc1OCC(=O)Nc1cnc2ccccc2c1. The van der Waals surface area contributed by atoms with Crippen molar-refractivity contribution in [2.75, 3.05) is 11.9 Å². The van der Waals surface area contributed by atoms with E-state index in [1.165, 1.54) is 0 Å². The zero-order valence-corrected chi connectivity index (χ0v) is 12.2. The molecule has 0 fully saturated rings. The lowest BCUT2D eigenvalue weighted by Gasteiger charge is -2.09. The van der Waals surface area contributed by atoms with Crippen LogP contribution in [0, 0.1) is 6.92 Å². The molecule has 3 aromatic rings. The second-order valence-corrected chi connectivity index (χ2v) is 5.02. The van der Waals surface area contributed by atoms with E-state index in [0.717, 1.165) is 16.5 Å². The molecule has 1 aromatic heterocycles. The summed E-state index contributed by atoms with van der Waals surface area (Å²) in [4.78, 5) is 16.3. The van der Waals surface area contributed by atoms with Crippen molar-refractivity contribution in [1.29, 1.82) is 0 Å². The smallest absolute Gasteiger partial charge is 0.262 e. The maximum Gasteiger partial charge on any atom is 0.262 e. The van der Waals surface area contributed by atoms with Gasteiger partial charge in [-0.05, 0) is 30.7 Å². The molecule has 1 amide bonds. The van der Waals surface area contributed by atoms with Gasteiger partial charge in [0.15, 0.2) is 6.61 Å². The first-order valence-corrected chi connectivity index (χ1v) is 7.05. The van der Waals surface area contributed by atoms with E-state index in [9.17, 15) is 4.79 Å². The minimum Gasteiger partial charge on any atom is -0.483 e. The topological polar surface area (TPSA) is 51.2 Å². The number of hydrogen-bond donors (Lipinski definition) is 1. The van der Waals surface area contributed by atoms with Gasteiger partial charge in [-0.2, -0.15) is 0 Å². The molecular weight excluding hydrogens is 276 g/mol. The fourth-order valence-electron chi connectivity index (χ4n) is 2.20. The normalized spacial score (nSPS) is 10.4. The summed E-state index contributed by atoms with van der Waals surface area (Å²) in [7, 11) is 0. The average Bonchev–Trinajstić information content (AvgIpc) is 2.54. The van der Waals surface area contributed by atoms with Gasteiger partial charge in [0.05, 0.1) is 17.4 Å². The van der Waals surface area contributed by atoms with Gasteiger partial charge in [0, 0.05) is 5.39 Å². The van der Waals surface area contributed by atoms with Crippen molar-refractivity contribution < 1.29 is 9.53 Å². The van der Waals surface area contributed by atoms with E-state index in [2.05, 4.69) is 10.3 Å².